The van der Waals surface area contributed by atoms with Crippen molar-refractivity contribution in [1.29, 1.82) is 0 Å². The van der Waals surface area contributed by atoms with Gasteiger partial charge in [0.2, 0.25) is 0 Å². The summed E-state index contributed by atoms with van der Waals surface area (Å²) in [7, 11) is -3.73. The topological polar surface area (TPSA) is 72.2 Å². The molecule has 0 amide bonds. The summed E-state index contributed by atoms with van der Waals surface area (Å²) in [4.78, 5) is 0. The molecule has 0 aliphatic carbocycles. The van der Waals surface area contributed by atoms with Gasteiger partial charge in [-0.15, -0.1) is 11.3 Å². The number of halogens is 1. The molecule has 0 saturated heterocycles. The number of nitrogens with two attached hydrogens (primary N) is 1. The van der Waals surface area contributed by atoms with Crippen LogP contribution in [0.15, 0.2) is 52.7 Å². The maximum atomic E-state index is 13.2. The first-order valence-corrected chi connectivity index (χ1v) is 8.79. The molecule has 0 saturated carbocycles. The fraction of sp³-hybridized carbons (Fsp3) is 0.0667. The lowest BCUT2D eigenvalue weighted by molar-refractivity contribution is 0.603. The Morgan fingerprint density at radius 1 is 1.14 bits per heavy atom. The quantitative estimate of drug-likeness (QED) is 0.768. The van der Waals surface area contributed by atoms with Crippen LogP contribution in [-0.4, -0.2) is 8.42 Å². The van der Waals surface area contributed by atoms with Crippen LogP contribution in [0.25, 0.3) is 10.1 Å². The first kappa shape index (κ1) is 15.0. The maximum absolute atomic E-state index is 13.2. The van der Waals surface area contributed by atoms with E-state index in [0.29, 0.717) is 21.3 Å². The van der Waals surface area contributed by atoms with Gasteiger partial charge in [-0.25, -0.2) is 12.8 Å². The van der Waals surface area contributed by atoms with Crippen LogP contribution in [0.4, 0.5) is 10.1 Å². The third-order valence-electron chi connectivity index (χ3n) is 3.20. The van der Waals surface area contributed by atoms with E-state index in [4.69, 9.17) is 5.73 Å². The van der Waals surface area contributed by atoms with Crippen molar-refractivity contribution in [2.24, 2.45) is 5.73 Å². The number of hydrogen-bond donors (Lipinski definition) is 2. The fourth-order valence-electron chi connectivity index (χ4n) is 2.12. The van der Waals surface area contributed by atoms with Gasteiger partial charge in [-0.2, -0.15) is 0 Å². The summed E-state index contributed by atoms with van der Waals surface area (Å²) < 4.78 is 41.6. The van der Waals surface area contributed by atoms with Gasteiger partial charge in [0.1, 0.15) is 10.0 Å². The van der Waals surface area contributed by atoms with Crippen LogP contribution < -0.4 is 10.5 Å². The molecule has 3 rings (SSSR count). The second-order valence-corrected chi connectivity index (χ2v) is 7.71. The van der Waals surface area contributed by atoms with Crippen molar-refractivity contribution in [3.05, 3.63) is 59.9 Å². The predicted octanol–water partition coefficient (Wildman–Crippen LogP) is 3.30. The van der Waals surface area contributed by atoms with Gasteiger partial charge in [0, 0.05) is 11.2 Å². The highest BCUT2D eigenvalue weighted by atomic mass is 32.2. The van der Waals surface area contributed by atoms with Crippen LogP contribution in [0, 0.1) is 5.82 Å². The van der Waals surface area contributed by atoms with Gasteiger partial charge in [-0.3, -0.25) is 4.72 Å². The second-order valence-electron chi connectivity index (χ2n) is 4.71. The van der Waals surface area contributed by atoms with Crippen LogP contribution in [0.1, 0.15) is 5.56 Å². The molecule has 4 nitrogen and oxygen atoms in total. The van der Waals surface area contributed by atoms with Crippen molar-refractivity contribution in [1.82, 2.24) is 0 Å². The van der Waals surface area contributed by atoms with Crippen LogP contribution >= 0.6 is 11.3 Å². The minimum absolute atomic E-state index is 0.139. The molecule has 3 aromatic rings. The zero-order valence-electron chi connectivity index (χ0n) is 11.4. The molecule has 1 aromatic heterocycles. The molecule has 0 fully saturated rings. The van der Waals surface area contributed by atoms with Gasteiger partial charge in [-0.1, -0.05) is 18.2 Å². The van der Waals surface area contributed by atoms with Crippen LogP contribution in [0.2, 0.25) is 0 Å². The normalized spacial score (nSPS) is 11.7. The Morgan fingerprint density at radius 2 is 1.91 bits per heavy atom. The van der Waals surface area contributed by atoms with Crippen LogP contribution in [-0.2, 0) is 16.6 Å². The van der Waals surface area contributed by atoms with E-state index >= 15 is 0 Å². The minimum atomic E-state index is -3.73. The molecule has 0 atom stereocenters. The Kier molecular flexibility index (Phi) is 3.86. The molecule has 114 valence electrons. The van der Waals surface area contributed by atoms with E-state index in [1.54, 1.807) is 30.3 Å². The summed E-state index contributed by atoms with van der Waals surface area (Å²) in [6.45, 7) is 0.232. The Bertz CT molecular complexity index is 936. The van der Waals surface area contributed by atoms with Crippen LogP contribution in [0.3, 0.4) is 0 Å². The molecule has 0 aliphatic rings. The number of nitrogens with one attached hydrogen (secondary N) is 1. The van der Waals surface area contributed by atoms with Crippen molar-refractivity contribution < 1.29 is 12.8 Å². The number of anilines is 1. The monoisotopic (exact) mass is 336 g/mol. The van der Waals surface area contributed by atoms with Gasteiger partial charge in [0.15, 0.2) is 0 Å². The average molecular weight is 336 g/mol. The number of fused-ring (bicyclic) bond motifs is 1. The molecule has 22 heavy (non-hydrogen) atoms. The summed E-state index contributed by atoms with van der Waals surface area (Å²) in [5.41, 5.74) is 6.77. The smallest absolute Gasteiger partial charge is 0.271 e. The summed E-state index contributed by atoms with van der Waals surface area (Å²) in [5.74, 6) is -0.393. The lowest BCUT2D eigenvalue weighted by Gasteiger charge is -2.10. The SMILES string of the molecule is NCc1ccccc1NS(=O)(=O)c1cc2cc(F)ccc2s1. The van der Waals surface area contributed by atoms with E-state index in [1.807, 2.05) is 0 Å². The minimum Gasteiger partial charge on any atom is -0.326 e. The van der Waals surface area contributed by atoms with E-state index in [9.17, 15) is 12.8 Å². The maximum Gasteiger partial charge on any atom is 0.271 e. The number of para-hydroxylation sites is 1. The highest BCUT2D eigenvalue weighted by Crippen LogP contribution is 2.31. The Balaban J connectivity index is 2.01. The van der Waals surface area contributed by atoms with Crippen molar-refractivity contribution >= 4 is 37.1 Å². The van der Waals surface area contributed by atoms with E-state index in [0.717, 1.165) is 11.3 Å². The summed E-state index contributed by atoms with van der Waals surface area (Å²) >= 11 is 1.10. The highest BCUT2D eigenvalue weighted by molar-refractivity contribution is 7.94. The molecule has 0 radical (unpaired) electrons. The van der Waals surface area contributed by atoms with E-state index in [1.165, 1.54) is 18.2 Å². The number of thiophene rings is 1. The molecule has 2 aromatic carbocycles. The third-order valence-corrected chi connectivity index (χ3v) is 6.16. The Morgan fingerprint density at radius 3 is 2.68 bits per heavy atom. The Labute approximate surface area is 131 Å². The molecule has 7 heteroatoms. The lowest BCUT2D eigenvalue weighted by atomic mass is 10.2. The van der Waals surface area contributed by atoms with Crippen molar-refractivity contribution in [2.45, 2.75) is 10.8 Å². The molecule has 3 N–H and O–H groups in total. The zero-order valence-corrected chi connectivity index (χ0v) is 13.0. The molecule has 0 aliphatic heterocycles. The summed E-state index contributed by atoms with van der Waals surface area (Å²) in [6.07, 6.45) is 0. The molecular formula is C15H13FN2O2S2. The number of rotatable bonds is 4. The van der Waals surface area contributed by atoms with Gasteiger partial charge < -0.3 is 5.73 Å². The number of sulfonamides is 1. The molecule has 0 unspecified atom stereocenters. The Hall–Kier alpha value is -1.96. The molecule has 1 heterocycles. The van der Waals surface area contributed by atoms with Gasteiger partial charge in [0.05, 0.1) is 5.69 Å². The van der Waals surface area contributed by atoms with Crippen molar-refractivity contribution in [3.63, 3.8) is 0 Å². The van der Waals surface area contributed by atoms with E-state index in [-0.39, 0.29) is 10.8 Å². The summed E-state index contributed by atoms with van der Waals surface area (Å²) in [6, 6.07) is 12.6. The molecule has 0 bridgehead atoms. The van der Waals surface area contributed by atoms with E-state index in [2.05, 4.69) is 4.72 Å². The predicted molar refractivity (Wildman–Crippen MR) is 86.9 cm³/mol. The molecular weight excluding hydrogens is 323 g/mol. The number of benzene rings is 2. The van der Waals surface area contributed by atoms with Crippen LogP contribution in [0.5, 0.6) is 0 Å². The standard InChI is InChI=1S/C15H13FN2O2S2/c16-12-5-6-14-11(7-12)8-15(21-14)22(19,20)18-13-4-2-1-3-10(13)9-17/h1-8,18H,9,17H2. The van der Waals surface area contributed by atoms with Crippen molar-refractivity contribution in [3.8, 4) is 0 Å². The highest BCUT2D eigenvalue weighted by Gasteiger charge is 2.19. The van der Waals surface area contributed by atoms with Crippen molar-refractivity contribution in [2.75, 3.05) is 4.72 Å². The zero-order chi connectivity index (χ0) is 15.7. The fourth-order valence-corrected chi connectivity index (χ4v) is 4.59. The number of hydrogen-bond acceptors (Lipinski definition) is 4. The van der Waals surface area contributed by atoms with Gasteiger partial charge in [0.25, 0.3) is 10.0 Å². The lowest BCUT2D eigenvalue weighted by Crippen LogP contribution is -2.13. The summed E-state index contributed by atoms with van der Waals surface area (Å²) in [5, 5.41) is 0.567. The van der Waals surface area contributed by atoms with Gasteiger partial charge >= 0.3 is 0 Å². The van der Waals surface area contributed by atoms with Gasteiger partial charge in [-0.05, 0) is 41.3 Å². The van der Waals surface area contributed by atoms with E-state index < -0.39 is 15.8 Å². The second kappa shape index (κ2) is 5.68. The molecule has 0 spiro atoms. The first-order chi connectivity index (χ1) is 10.5. The first-order valence-electron chi connectivity index (χ1n) is 6.49. The third kappa shape index (κ3) is 2.83. The largest absolute Gasteiger partial charge is 0.326 e. The average Bonchev–Trinajstić information content (AvgIpc) is 2.91.